The Hall–Kier alpha value is -2.64. The summed E-state index contributed by atoms with van der Waals surface area (Å²) in [6, 6.07) is 10.8. The van der Waals surface area contributed by atoms with E-state index in [2.05, 4.69) is 22.8 Å². The van der Waals surface area contributed by atoms with Crippen LogP contribution in [0.15, 0.2) is 36.4 Å². The lowest BCUT2D eigenvalue weighted by Crippen LogP contribution is -2.48. The fourth-order valence-corrected chi connectivity index (χ4v) is 4.84. The smallest absolute Gasteiger partial charge is 0.261 e. The predicted octanol–water partition coefficient (Wildman–Crippen LogP) is 4.06. The Kier molecular flexibility index (Phi) is 7.20. The van der Waals surface area contributed by atoms with E-state index in [1.165, 1.54) is 0 Å². The number of alkyl halides is 1. The molecule has 0 radical (unpaired) electrons. The first-order chi connectivity index (χ1) is 15.9. The molecule has 2 aromatic rings. The summed E-state index contributed by atoms with van der Waals surface area (Å²) >= 11 is 6.41. The van der Waals surface area contributed by atoms with Crippen LogP contribution in [0.4, 0.5) is 10.1 Å². The van der Waals surface area contributed by atoms with Crippen LogP contribution in [0.1, 0.15) is 39.6 Å². The average Bonchev–Trinajstić information content (AvgIpc) is 3.07. The zero-order valence-corrected chi connectivity index (χ0v) is 19.8. The zero-order chi connectivity index (χ0) is 23.5. The Morgan fingerprint density at radius 2 is 1.70 bits per heavy atom. The largest absolute Gasteiger partial charge is 0.493 e. The van der Waals surface area contributed by atoms with Crippen LogP contribution in [0, 0.1) is 0 Å². The van der Waals surface area contributed by atoms with Crippen LogP contribution in [0.3, 0.4) is 0 Å². The molecular weight excluding hydrogens is 445 g/mol. The molecule has 1 atom stereocenters. The van der Waals surface area contributed by atoms with Gasteiger partial charge in [0.1, 0.15) is 6.17 Å². The number of carbonyl (C=O) groups excluding carboxylic acids is 2. The Morgan fingerprint density at radius 3 is 2.27 bits per heavy atom. The van der Waals surface area contributed by atoms with Gasteiger partial charge in [0.2, 0.25) is 0 Å². The normalized spacial score (nSPS) is 17.5. The summed E-state index contributed by atoms with van der Waals surface area (Å²) in [4.78, 5) is 30.4. The minimum Gasteiger partial charge on any atom is -0.493 e. The molecule has 1 saturated heterocycles. The van der Waals surface area contributed by atoms with Crippen molar-refractivity contribution in [3.63, 3.8) is 0 Å². The van der Waals surface area contributed by atoms with Gasteiger partial charge >= 0.3 is 0 Å². The summed E-state index contributed by atoms with van der Waals surface area (Å²) in [7, 11) is 1.62. The molecule has 0 saturated carbocycles. The van der Waals surface area contributed by atoms with Gasteiger partial charge in [0.05, 0.1) is 28.9 Å². The summed E-state index contributed by atoms with van der Waals surface area (Å²) in [5, 5.41) is 0.603. The number of fused-ring (bicyclic) bond motifs is 1. The van der Waals surface area contributed by atoms with E-state index >= 15 is 0 Å². The van der Waals surface area contributed by atoms with E-state index in [4.69, 9.17) is 16.3 Å². The highest BCUT2D eigenvalue weighted by Crippen LogP contribution is 2.37. The molecule has 0 N–H and O–H groups in total. The molecule has 2 amide bonds. The van der Waals surface area contributed by atoms with Crippen LogP contribution in [0.25, 0.3) is 0 Å². The minimum atomic E-state index is -1.12. The van der Waals surface area contributed by atoms with Gasteiger partial charge in [0.15, 0.2) is 5.75 Å². The maximum atomic E-state index is 14.8. The van der Waals surface area contributed by atoms with Crippen molar-refractivity contribution in [3.8, 4) is 5.75 Å². The second-order valence-electron chi connectivity index (χ2n) is 8.46. The predicted molar refractivity (Wildman–Crippen MR) is 127 cm³/mol. The fraction of sp³-hybridized carbons (Fsp3) is 0.440. The second kappa shape index (κ2) is 10.1. The molecular formula is C25H29ClFN3O3. The molecule has 1 fully saturated rings. The van der Waals surface area contributed by atoms with Gasteiger partial charge in [-0.3, -0.25) is 19.4 Å². The number of nitrogens with zero attached hydrogens (tertiary/aromatic N) is 3. The molecule has 8 heteroatoms. The van der Waals surface area contributed by atoms with Crippen molar-refractivity contribution in [1.82, 2.24) is 9.80 Å². The highest BCUT2D eigenvalue weighted by atomic mass is 35.5. The number of methoxy groups -OCH3 is 1. The number of anilines is 1. The highest BCUT2D eigenvalue weighted by Gasteiger charge is 2.35. The summed E-state index contributed by atoms with van der Waals surface area (Å²) in [6.07, 6.45) is -0.102. The Labute approximate surface area is 198 Å². The number of rotatable bonds is 8. The minimum absolute atomic E-state index is 0.0903. The summed E-state index contributed by atoms with van der Waals surface area (Å²) in [5.41, 5.74) is 2.92. The third-order valence-corrected chi connectivity index (χ3v) is 6.69. The quantitative estimate of drug-likeness (QED) is 0.541. The SMILES string of the molecule is CCc1cc(Cl)c(OC)c(N2CCN(C[C@H](F)CCN3C(=O)c4ccccc4C3=O)CC2)c1. The molecule has 33 heavy (non-hydrogen) atoms. The van der Waals surface area contributed by atoms with E-state index in [1.54, 1.807) is 31.4 Å². The van der Waals surface area contributed by atoms with Crippen LogP contribution in [-0.4, -0.2) is 74.2 Å². The molecule has 2 heterocycles. The molecule has 176 valence electrons. The lowest BCUT2D eigenvalue weighted by molar-refractivity contribution is 0.0635. The van der Waals surface area contributed by atoms with E-state index in [-0.39, 0.29) is 31.3 Å². The van der Waals surface area contributed by atoms with Gasteiger partial charge < -0.3 is 9.64 Å². The van der Waals surface area contributed by atoms with Gasteiger partial charge in [-0.15, -0.1) is 0 Å². The number of hydrogen-bond acceptors (Lipinski definition) is 5. The number of amides is 2. The summed E-state index contributed by atoms with van der Waals surface area (Å²) < 4.78 is 20.3. The van der Waals surface area contributed by atoms with Gasteiger partial charge in [-0.2, -0.15) is 0 Å². The first kappa shape index (κ1) is 23.5. The molecule has 0 bridgehead atoms. The zero-order valence-electron chi connectivity index (χ0n) is 19.0. The molecule has 0 aromatic heterocycles. The van der Waals surface area contributed by atoms with Gasteiger partial charge in [0.25, 0.3) is 11.8 Å². The third-order valence-electron chi connectivity index (χ3n) is 6.41. The van der Waals surface area contributed by atoms with Crippen molar-refractivity contribution in [3.05, 3.63) is 58.1 Å². The van der Waals surface area contributed by atoms with E-state index in [9.17, 15) is 14.0 Å². The maximum absolute atomic E-state index is 14.8. The number of halogens is 2. The van der Waals surface area contributed by atoms with E-state index < -0.39 is 6.17 Å². The van der Waals surface area contributed by atoms with Crippen molar-refractivity contribution in [1.29, 1.82) is 0 Å². The molecule has 0 spiro atoms. The molecule has 4 rings (SSSR count). The molecule has 0 unspecified atom stereocenters. The van der Waals surface area contributed by atoms with Crippen molar-refractivity contribution >= 4 is 29.1 Å². The van der Waals surface area contributed by atoms with E-state index in [1.807, 2.05) is 6.07 Å². The number of benzene rings is 2. The summed E-state index contributed by atoms with van der Waals surface area (Å²) in [6.45, 7) is 5.37. The molecule has 6 nitrogen and oxygen atoms in total. The van der Waals surface area contributed by atoms with Gasteiger partial charge in [-0.05, 0) is 42.7 Å². The lowest BCUT2D eigenvalue weighted by atomic mass is 10.1. The number of ether oxygens (including phenoxy) is 1. The molecule has 2 aliphatic rings. The molecule has 2 aliphatic heterocycles. The van der Waals surface area contributed by atoms with Crippen LogP contribution >= 0.6 is 11.6 Å². The lowest BCUT2D eigenvalue weighted by Gasteiger charge is -2.37. The van der Waals surface area contributed by atoms with Crippen molar-refractivity contribution in [2.24, 2.45) is 0 Å². The monoisotopic (exact) mass is 473 g/mol. The van der Waals surface area contributed by atoms with Crippen molar-refractivity contribution < 1.29 is 18.7 Å². The topological polar surface area (TPSA) is 53.1 Å². The number of hydrogen-bond donors (Lipinski definition) is 0. The first-order valence-corrected chi connectivity index (χ1v) is 11.7. The van der Waals surface area contributed by atoms with E-state index in [0.717, 1.165) is 35.7 Å². The highest BCUT2D eigenvalue weighted by molar-refractivity contribution is 6.32. The van der Waals surface area contributed by atoms with E-state index in [0.29, 0.717) is 35.0 Å². The number of piperazine rings is 1. The fourth-order valence-electron chi connectivity index (χ4n) is 4.53. The first-order valence-electron chi connectivity index (χ1n) is 11.4. The molecule has 2 aromatic carbocycles. The summed E-state index contributed by atoms with van der Waals surface area (Å²) in [5.74, 6) is 0.00305. The van der Waals surface area contributed by atoms with Crippen LogP contribution < -0.4 is 9.64 Å². The van der Waals surface area contributed by atoms with Gasteiger partial charge in [-0.25, -0.2) is 4.39 Å². The average molecular weight is 474 g/mol. The Morgan fingerprint density at radius 1 is 1.06 bits per heavy atom. The number of carbonyl (C=O) groups is 2. The standard InChI is InChI=1S/C25H29ClFN3O3/c1-3-17-14-21(26)23(33-2)22(15-17)29-12-10-28(11-13-29)16-18(27)8-9-30-24(31)19-6-4-5-7-20(19)25(30)32/h4-7,14-15,18H,3,8-13,16H2,1-2H3/t18-/m1/s1. The maximum Gasteiger partial charge on any atom is 0.261 e. The number of aryl methyl sites for hydroxylation is 1. The Bertz CT molecular complexity index is 1000. The number of imide groups is 1. The third kappa shape index (κ3) is 4.84. The second-order valence-corrected chi connectivity index (χ2v) is 8.87. The van der Waals surface area contributed by atoms with Crippen LogP contribution in [-0.2, 0) is 6.42 Å². The van der Waals surface area contributed by atoms with Crippen molar-refractivity contribution in [2.75, 3.05) is 51.3 Å². The van der Waals surface area contributed by atoms with Gasteiger partial charge in [-0.1, -0.05) is 30.7 Å². The van der Waals surface area contributed by atoms with Crippen LogP contribution in [0.2, 0.25) is 5.02 Å². The molecule has 0 aliphatic carbocycles. The van der Waals surface area contributed by atoms with Crippen molar-refractivity contribution in [2.45, 2.75) is 25.9 Å². The van der Waals surface area contributed by atoms with Crippen LogP contribution in [0.5, 0.6) is 5.75 Å². The van der Waals surface area contributed by atoms with Gasteiger partial charge in [0, 0.05) is 39.3 Å². The Balaban J connectivity index is 1.29.